The summed E-state index contributed by atoms with van der Waals surface area (Å²) in [6.07, 6.45) is 1.06. The highest BCUT2D eigenvalue weighted by Crippen LogP contribution is 2.30. The summed E-state index contributed by atoms with van der Waals surface area (Å²) in [5, 5.41) is 0.912. The van der Waals surface area contributed by atoms with E-state index < -0.39 is 12.1 Å². The molecule has 1 unspecified atom stereocenters. The topological polar surface area (TPSA) is 48.4 Å². The van der Waals surface area contributed by atoms with Crippen molar-refractivity contribution in [3.8, 4) is 5.75 Å². The van der Waals surface area contributed by atoms with E-state index in [9.17, 15) is 4.79 Å². The summed E-state index contributed by atoms with van der Waals surface area (Å²) in [5.41, 5.74) is 2.08. The van der Waals surface area contributed by atoms with Crippen LogP contribution in [0, 0.1) is 0 Å². The number of ether oxygens (including phenoxy) is 2. The van der Waals surface area contributed by atoms with Gasteiger partial charge in [0, 0.05) is 11.6 Å². The molecule has 0 amide bonds. The third kappa shape index (κ3) is 2.74. The van der Waals surface area contributed by atoms with Gasteiger partial charge >= 0.3 is 5.97 Å². The standard InChI is InChI=1S/C16H19NO3/c1-10(2)12-6-5-7-13-14(8-9-17-15(12)13)20-11(3)16(18)19-4/h5-11H,1-4H3. The summed E-state index contributed by atoms with van der Waals surface area (Å²) in [6, 6.07) is 7.77. The summed E-state index contributed by atoms with van der Waals surface area (Å²) in [5.74, 6) is 0.629. The number of hydrogen-bond acceptors (Lipinski definition) is 4. The van der Waals surface area contributed by atoms with Crippen LogP contribution in [-0.4, -0.2) is 24.2 Å². The van der Waals surface area contributed by atoms with Crippen LogP contribution in [0.1, 0.15) is 32.3 Å². The first-order valence-electron chi connectivity index (χ1n) is 6.66. The van der Waals surface area contributed by atoms with Crippen LogP contribution in [0.4, 0.5) is 0 Å². The predicted octanol–water partition coefficient (Wildman–Crippen LogP) is 3.30. The van der Waals surface area contributed by atoms with Crippen molar-refractivity contribution in [2.45, 2.75) is 32.8 Å². The van der Waals surface area contributed by atoms with E-state index in [0.29, 0.717) is 11.7 Å². The van der Waals surface area contributed by atoms with E-state index in [1.807, 2.05) is 12.1 Å². The van der Waals surface area contributed by atoms with E-state index in [1.165, 1.54) is 12.7 Å². The SMILES string of the molecule is COC(=O)C(C)Oc1ccnc2c(C(C)C)cccc12. The minimum Gasteiger partial charge on any atom is -0.478 e. The maximum Gasteiger partial charge on any atom is 0.346 e. The summed E-state index contributed by atoms with van der Waals surface area (Å²) in [4.78, 5) is 15.9. The lowest BCUT2D eigenvalue weighted by molar-refractivity contribution is -0.147. The van der Waals surface area contributed by atoms with Gasteiger partial charge in [0.05, 0.1) is 12.6 Å². The van der Waals surface area contributed by atoms with Crippen molar-refractivity contribution in [3.05, 3.63) is 36.0 Å². The van der Waals surface area contributed by atoms with Crippen molar-refractivity contribution < 1.29 is 14.3 Å². The number of rotatable bonds is 4. The van der Waals surface area contributed by atoms with Crippen molar-refractivity contribution in [1.82, 2.24) is 4.98 Å². The molecule has 0 saturated carbocycles. The van der Waals surface area contributed by atoms with E-state index in [1.54, 1.807) is 19.2 Å². The smallest absolute Gasteiger partial charge is 0.346 e. The molecule has 1 aromatic heterocycles. The Labute approximate surface area is 118 Å². The van der Waals surface area contributed by atoms with Gasteiger partial charge in [-0.25, -0.2) is 4.79 Å². The number of carbonyl (C=O) groups is 1. The van der Waals surface area contributed by atoms with Crippen LogP contribution in [0.5, 0.6) is 5.75 Å². The number of aromatic nitrogens is 1. The maximum atomic E-state index is 11.5. The zero-order valence-corrected chi connectivity index (χ0v) is 12.2. The zero-order chi connectivity index (χ0) is 14.7. The first kappa shape index (κ1) is 14.3. The van der Waals surface area contributed by atoms with Gasteiger partial charge in [-0.3, -0.25) is 4.98 Å². The van der Waals surface area contributed by atoms with Gasteiger partial charge in [0.25, 0.3) is 0 Å². The number of pyridine rings is 1. The molecule has 0 spiro atoms. The Morgan fingerprint density at radius 1 is 1.20 bits per heavy atom. The number of nitrogens with zero attached hydrogens (tertiary/aromatic N) is 1. The minimum absolute atomic E-state index is 0.375. The number of hydrogen-bond donors (Lipinski definition) is 0. The van der Waals surface area contributed by atoms with E-state index in [0.717, 1.165) is 10.9 Å². The number of fused-ring (bicyclic) bond motifs is 1. The van der Waals surface area contributed by atoms with E-state index >= 15 is 0 Å². The van der Waals surface area contributed by atoms with Gasteiger partial charge in [0.15, 0.2) is 6.10 Å². The molecule has 0 bridgehead atoms. The van der Waals surface area contributed by atoms with Crippen LogP contribution in [-0.2, 0) is 9.53 Å². The first-order chi connectivity index (χ1) is 9.54. The molecule has 0 saturated heterocycles. The van der Waals surface area contributed by atoms with Gasteiger partial charge in [-0.15, -0.1) is 0 Å². The lowest BCUT2D eigenvalue weighted by Crippen LogP contribution is -2.25. The van der Waals surface area contributed by atoms with Gasteiger partial charge in [-0.05, 0) is 30.5 Å². The first-order valence-corrected chi connectivity index (χ1v) is 6.66. The molecule has 0 radical (unpaired) electrons. The van der Waals surface area contributed by atoms with Crippen molar-refractivity contribution in [2.75, 3.05) is 7.11 Å². The van der Waals surface area contributed by atoms with Crippen molar-refractivity contribution in [1.29, 1.82) is 0 Å². The Morgan fingerprint density at radius 2 is 1.95 bits per heavy atom. The number of methoxy groups -OCH3 is 1. The fourth-order valence-electron chi connectivity index (χ4n) is 2.15. The Balaban J connectivity index is 2.45. The lowest BCUT2D eigenvalue weighted by Gasteiger charge is -2.15. The second kappa shape index (κ2) is 5.90. The molecule has 2 rings (SSSR count). The highest BCUT2D eigenvalue weighted by Gasteiger charge is 2.17. The van der Waals surface area contributed by atoms with Crippen molar-refractivity contribution in [3.63, 3.8) is 0 Å². The van der Waals surface area contributed by atoms with Gasteiger partial charge in [-0.1, -0.05) is 26.0 Å². The largest absolute Gasteiger partial charge is 0.478 e. The molecule has 0 N–H and O–H groups in total. The number of esters is 1. The third-order valence-corrected chi connectivity index (χ3v) is 3.22. The maximum absolute atomic E-state index is 11.5. The molecule has 1 atom stereocenters. The molecule has 0 aliphatic rings. The van der Waals surface area contributed by atoms with E-state index in [4.69, 9.17) is 4.74 Å². The van der Waals surface area contributed by atoms with Gasteiger partial charge in [0.2, 0.25) is 0 Å². The molecule has 106 valence electrons. The lowest BCUT2D eigenvalue weighted by atomic mass is 9.99. The molecule has 0 aliphatic carbocycles. The average molecular weight is 273 g/mol. The van der Waals surface area contributed by atoms with Gasteiger partial charge < -0.3 is 9.47 Å². The van der Waals surface area contributed by atoms with Crippen LogP contribution >= 0.6 is 0 Å². The molecule has 0 fully saturated rings. The Bertz CT molecular complexity index is 622. The van der Waals surface area contributed by atoms with Gasteiger partial charge in [0.1, 0.15) is 5.75 Å². The van der Waals surface area contributed by atoms with Crippen LogP contribution in [0.25, 0.3) is 10.9 Å². The molecule has 0 aliphatic heterocycles. The second-order valence-corrected chi connectivity index (χ2v) is 4.99. The van der Waals surface area contributed by atoms with Crippen molar-refractivity contribution in [2.24, 2.45) is 0 Å². The number of para-hydroxylation sites is 1. The number of benzene rings is 1. The Hall–Kier alpha value is -2.10. The molecule has 2 aromatic rings. The third-order valence-electron chi connectivity index (χ3n) is 3.22. The summed E-state index contributed by atoms with van der Waals surface area (Å²) >= 11 is 0. The highest BCUT2D eigenvalue weighted by molar-refractivity contribution is 5.88. The van der Waals surface area contributed by atoms with Crippen molar-refractivity contribution >= 4 is 16.9 Å². The Kier molecular flexibility index (Phi) is 4.23. The molecular weight excluding hydrogens is 254 g/mol. The monoisotopic (exact) mass is 273 g/mol. The fourth-order valence-corrected chi connectivity index (χ4v) is 2.15. The van der Waals surface area contributed by atoms with Crippen LogP contribution in [0.3, 0.4) is 0 Å². The summed E-state index contributed by atoms with van der Waals surface area (Å²) in [6.45, 7) is 5.92. The summed E-state index contributed by atoms with van der Waals surface area (Å²) < 4.78 is 10.4. The summed E-state index contributed by atoms with van der Waals surface area (Å²) in [7, 11) is 1.35. The van der Waals surface area contributed by atoms with Gasteiger partial charge in [-0.2, -0.15) is 0 Å². The van der Waals surface area contributed by atoms with E-state index in [-0.39, 0.29) is 0 Å². The molecule has 1 aromatic carbocycles. The molecule has 1 heterocycles. The Morgan fingerprint density at radius 3 is 2.60 bits per heavy atom. The molecular formula is C16H19NO3. The molecule has 4 heteroatoms. The highest BCUT2D eigenvalue weighted by atomic mass is 16.6. The molecule has 20 heavy (non-hydrogen) atoms. The number of carbonyl (C=O) groups excluding carboxylic acids is 1. The second-order valence-electron chi connectivity index (χ2n) is 4.99. The zero-order valence-electron chi connectivity index (χ0n) is 12.2. The van der Waals surface area contributed by atoms with Crippen LogP contribution in [0.15, 0.2) is 30.5 Å². The van der Waals surface area contributed by atoms with Crippen LogP contribution < -0.4 is 4.74 Å². The minimum atomic E-state index is -0.645. The predicted molar refractivity (Wildman–Crippen MR) is 77.9 cm³/mol. The normalized spacial score (nSPS) is 12.4. The fraction of sp³-hybridized carbons (Fsp3) is 0.375. The molecule has 4 nitrogen and oxygen atoms in total. The average Bonchev–Trinajstić information content (AvgIpc) is 2.45. The van der Waals surface area contributed by atoms with Crippen LogP contribution in [0.2, 0.25) is 0 Å². The van der Waals surface area contributed by atoms with E-state index in [2.05, 4.69) is 29.6 Å². The quantitative estimate of drug-likeness (QED) is 0.802.